The average Bonchev–Trinajstić information content (AvgIpc) is 3.54. The van der Waals surface area contributed by atoms with E-state index in [0.29, 0.717) is 12.4 Å². The number of nitrogens with one attached hydrogen (secondary N) is 1. The first-order valence-corrected chi connectivity index (χ1v) is 11.0. The number of aliphatic imine (C=N–C) groups is 1. The molecule has 1 saturated carbocycles. The van der Waals surface area contributed by atoms with E-state index in [9.17, 15) is 4.79 Å². The van der Waals surface area contributed by atoms with Crippen molar-refractivity contribution in [1.82, 2.24) is 25.5 Å². The second kappa shape index (κ2) is 8.06. The van der Waals surface area contributed by atoms with Crippen LogP contribution >= 0.6 is 0 Å². The van der Waals surface area contributed by atoms with Crippen LogP contribution in [0.4, 0.5) is 0 Å². The van der Waals surface area contributed by atoms with Crippen LogP contribution in [0.2, 0.25) is 0 Å². The molecule has 1 spiro atoms. The van der Waals surface area contributed by atoms with Crippen LogP contribution in [0.25, 0.3) is 22.5 Å². The Morgan fingerprint density at radius 2 is 1.87 bits per heavy atom. The fourth-order valence-electron chi connectivity index (χ4n) is 4.79. The van der Waals surface area contributed by atoms with Crippen molar-refractivity contribution in [2.75, 3.05) is 0 Å². The molecule has 158 valence electrons. The molecule has 0 saturated heterocycles. The number of hydrogen-bond donors (Lipinski definition) is 1. The number of carbonyl (C=O) groups is 1. The van der Waals surface area contributed by atoms with E-state index in [1.165, 1.54) is 0 Å². The lowest BCUT2D eigenvalue weighted by atomic mass is 9.96. The maximum atomic E-state index is 13.4. The van der Waals surface area contributed by atoms with Crippen molar-refractivity contribution < 1.29 is 4.79 Å². The highest BCUT2D eigenvalue weighted by atomic mass is 16.2. The summed E-state index contributed by atoms with van der Waals surface area (Å²) in [5.74, 6) is 1.65. The van der Waals surface area contributed by atoms with Gasteiger partial charge in [0.2, 0.25) is 5.82 Å². The van der Waals surface area contributed by atoms with Gasteiger partial charge in [-0.1, -0.05) is 62.2 Å². The molecule has 3 aromatic rings. The molecule has 1 fully saturated rings. The van der Waals surface area contributed by atoms with Crippen LogP contribution in [0.3, 0.4) is 0 Å². The number of aromatic nitrogens is 4. The summed E-state index contributed by atoms with van der Waals surface area (Å²) in [6.07, 6.45) is 5.70. The number of H-pyrrole nitrogens is 1. The number of aromatic amines is 1. The second-order valence-corrected chi connectivity index (χ2v) is 8.39. The highest BCUT2D eigenvalue weighted by Crippen LogP contribution is 2.40. The molecule has 0 radical (unpaired) electrons. The van der Waals surface area contributed by atoms with Crippen molar-refractivity contribution in [3.05, 3.63) is 54.1 Å². The number of amides is 1. The summed E-state index contributed by atoms with van der Waals surface area (Å²) in [4.78, 5) is 20.3. The fourth-order valence-corrected chi connectivity index (χ4v) is 4.79. The van der Waals surface area contributed by atoms with Crippen LogP contribution in [0.15, 0.2) is 53.5 Å². The van der Waals surface area contributed by atoms with Gasteiger partial charge in [-0.2, -0.15) is 5.21 Å². The van der Waals surface area contributed by atoms with Gasteiger partial charge in [0, 0.05) is 12.0 Å². The Bertz CT molecular complexity index is 1100. The summed E-state index contributed by atoms with van der Waals surface area (Å²) < 4.78 is 0. The summed E-state index contributed by atoms with van der Waals surface area (Å²) in [7, 11) is 0. The van der Waals surface area contributed by atoms with Gasteiger partial charge in [-0.3, -0.25) is 14.7 Å². The molecule has 2 aliphatic rings. The van der Waals surface area contributed by atoms with Crippen LogP contribution in [0.1, 0.15) is 51.0 Å². The first-order valence-electron chi connectivity index (χ1n) is 11.0. The number of tetrazole rings is 1. The third-order valence-electron chi connectivity index (χ3n) is 6.30. The molecule has 7 nitrogen and oxygen atoms in total. The Labute approximate surface area is 181 Å². The van der Waals surface area contributed by atoms with Crippen LogP contribution in [0, 0.1) is 0 Å². The SMILES string of the molecule is CCCC1=NC2(CCCC2)C(=O)N1Cc1ccc(-c2ccccc2)c(-c2nn[nH]n2)c1. The first-order chi connectivity index (χ1) is 15.2. The monoisotopic (exact) mass is 414 g/mol. The molecular weight excluding hydrogens is 388 g/mol. The van der Waals surface area contributed by atoms with Gasteiger partial charge >= 0.3 is 0 Å². The molecule has 2 aromatic carbocycles. The van der Waals surface area contributed by atoms with E-state index in [4.69, 9.17) is 4.99 Å². The third kappa shape index (κ3) is 3.54. The molecule has 7 heteroatoms. The maximum Gasteiger partial charge on any atom is 0.256 e. The zero-order valence-corrected chi connectivity index (χ0v) is 17.7. The van der Waals surface area contributed by atoms with E-state index >= 15 is 0 Å². The van der Waals surface area contributed by atoms with Gasteiger partial charge < -0.3 is 0 Å². The maximum absolute atomic E-state index is 13.4. The van der Waals surface area contributed by atoms with Gasteiger partial charge in [-0.15, -0.1) is 10.2 Å². The predicted octanol–water partition coefficient (Wildman–Crippen LogP) is 4.39. The molecule has 1 aliphatic heterocycles. The number of rotatable bonds is 6. The Morgan fingerprint density at radius 1 is 1.06 bits per heavy atom. The predicted molar refractivity (Wildman–Crippen MR) is 119 cm³/mol. The lowest BCUT2D eigenvalue weighted by molar-refractivity contribution is -0.131. The van der Waals surface area contributed by atoms with Crippen molar-refractivity contribution in [1.29, 1.82) is 0 Å². The zero-order valence-electron chi connectivity index (χ0n) is 17.7. The highest BCUT2D eigenvalue weighted by Gasteiger charge is 2.49. The molecule has 2 heterocycles. The first kappa shape index (κ1) is 19.6. The van der Waals surface area contributed by atoms with Crippen LogP contribution in [0.5, 0.6) is 0 Å². The second-order valence-electron chi connectivity index (χ2n) is 8.39. The Kier molecular flexibility index (Phi) is 5.10. The highest BCUT2D eigenvalue weighted by molar-refractivity contribution is 6.08. The van der Waals surface area contributed by atoms with Crippen LogP contribution < -0.4 is 0 Å². The molecule has 0 unspecified atom stereocenters. The van der Waals surface area contributed by atoms with Crippen molar-refractivity contribution in [3.8, 4) is 22.5 Å². The molecular formula is C24H26N6O. The summed E-state index contributed by atoms with van der Waals surface area (Å²) in [5, 5.41) is 14.7. The van der Waals surface area contributed by atoms with E-state index in [1.54, 1.807) is 0 Å². The van der Waals surface area contributed by atoms with Crippen LogP contribution in [-0.2, 0) is 11.3 Å². The fraction of sp³-hybridized carbons (Fsp3) is 0.375. The number of nitrogens with zero attached hydrogens (tertiary/aromatic N) is 5. The number of benzene rings is 2. The smallest absolute Gasteiger partial charge is 0.256 e. The average molecular weight is 415 g/mol. The van der Waals surface area contributed by atoms with E-state index in [2.05, 4.69) is 57.9 Å². The molecule has 1 aliphatic carbocycles. The van der Waals surface area contributed by atoms with E-state index < -0.39 is 5.54 Å². The Morgan fingerprint density at radius 3 is 2.58 bits per heavy atom. The molecule has 0 bridgehead atoms. The summed E-state index contributed by atoms with van der Waals surface area (Å²) >= 11 is 0. The van der Waals surface area contributed by atoms with Gasteiger partial charge in [0.1, 0.15) is 11.4 Å². The van der Waals surface area contributed by atoms with E-state index in [1.807, 2.05) is 23.1 Å². The normalized spacial score (nSPS) is 17.5. The van der Waals surface area contributed by atoms with E-state index in [-0.39, 0.29) is 5.91 Å². The lowest BCUT2D eigenvalue weighted by Gasteiger charge is -2.23. The number of carbonyl (C=O) groups excluding carboxylic acids is 1. The van der Waals surface area contributed by atoms with Gasteiger partial charge in [-0.05, 0) is 47.2 Å². The van der Waals surface area contributed by atoms with Crippen molar-refractivity contribution >= 4 is 11.7 Å². The molecule has 31 heavy (non-hydrogen) atoms. The van der Waals surface area contributed by atoms with Gasteiger partial charge in [-0.25, -0.2) is 0 Å². The number of amidine groups is 1. The standard InChI is InChI=1S/C24H26N6O/c1-2-8-21-25-24(13-6-7-14-24)23(31)30(21)16-17-11-12-19(18-9-4-3-5-10-18)20(15-17)22-26-28-29-27-22/h3-5,9-12,15H,2,6-8,13-14,16H2,1H3,(H,26,27,28,29). The summed E-state index contributed by atoms with van der Waals surface area (Å²) in [6.45, 7) is 2.65. The Hall–Kier alpha value is -3.35. The van der Waals surface area contributed by atoms with Crippen molar-refractivity contribution in [2.45, 2.75) is 57.5 Å². The summed E-state index contributed by atoms with van der Waals surface area (Å²) in [6, 6.07) is 16.4. The summed E-state index contributed by atoms with van der Waals surface area (Å²) in [5.41, 5.74) is 3.54. The largest absolute Gasteiger partial charge is 0.294 e. The minimum Gasteiger partial charge on any atom is -0.294 e. The minimum atomic E-state index is -0.509. The zero-order chi connectivity index (χ0) is 21.3. The molecule has 0 atom stereocenters. The quantitative estimate of drug-likeness (QED) is 0.648. The minimum absolute atomic E-state index is 0.168. The van der Waals surface area contributed by atoms with Gasteiger partial charge in [0.25, 0.3) is 5.91 Å². The third-order valence-corrected chi connectivity index (χ3v) is 6.30. The molecule has 1 aromatic heterocycles. The lowest BCUT2D eigenvalue weighted by Crippen LogP contribution is -2.40. The van der Waals surface area contributed by atoms with Gasteiger partial charge in [0.15, 0.2) is 0 Å². The van der Waals surface area contributed by atoms with Crippen molar-refractivity contribution in [2.24, 2.45) is 4.99 Å². The van der Waals surface area contributed by atoms with Gasteiger partial charge in [0.05, 0.1) is 6.54 Å². The number of hydrogen-bond acceptors (Lipinski definition) is 5. The van der Waals surface area contributed by atoms with Crippen LogP contribution in [-0.4, -0.2) is 42.8 Å². The molecule has 1 amide bonds. The molecule has 1 N–H and O–H groups in total. The Balaban J connectivity index is 1.50. The molecule has 5 rings (SSSR count). The van der Waals surface area contributed by atoms with Crippen molar-refractivity contribution in [3.63, 3.8) is 0 Å². The van der Waals surface area contributed by atoms with E-state index in [0.717, 1.165) is 66.6 Å². The topological polar surface area (TPSA) is 87.1 Å².